The largest absolute Gasteiger partial charge is 0.465 e. The van der Waals surface area contributed by atoms with Crippen molar-refractivity contribution in [1.82, 2.24) is 10.6 Å². The van der Waals surface area contributed by atoms with Crippen LogP contribution in [0.4, 0.5) is 4.79 Å². The zero-order valence-electron chi connectivity index (χ0n) is 16.7. The van der Waals surface area contributed by atoms with E-state index in [-0.39, 0.29) is 0 Å². The van der Waals surface area contributed by atoms with E-state index < -0.39 is 23.2 Å². The van der Waals surface area contributed by atoms with Gasteiger partial charge in [-0.3, -0.25) is 0 Å². The first kappa shape index (κ1) is 21.7. The molecule has 0 saturated carbocycles. The van der Waals surface area contributed by atoms with Crippen LogP contribution in [0.3, 0.4) is 0 Å². The molecular weight excluding hydrogens is 344 g/mol. The average Bonchev–Trinajstić information content (AvgIpc) is 2.61. The minimum atomic E-state index is -1.12. The molecule has 1 amide bonds. The molecule has 1 aromatic carbocycles. The van der Waals surface area contributed by atoms with Crippen LogP contribution in [0, 0.1) is 11.3 Å². The summed E-state index contributed by atoms with van der Waals surface area (Å²) in [4.78, 5) is 11.6. The Balaban J connectivity index is 2.14. The minimum absolute atomic E-state index is 0.335. The molecule has 6 nitrogen and oxygen atoms in total. The topological polar surface area (TPSA) is 90.8 Å². The van der Waals surface area contributed by atoms with Crippen molar-refractivity contribution in [3.8, 4) is 0 Å². The number of aliphatic hydroxyl groups is 1. The predicted molar refractivity (Wildman–Crippen MR) is 106 cm³/mol. The molecule has 152 valence electrons. The van der Waals surface area contributed by atoms with Crippen LogP contribution in [-0.4, -0.2) is 54.3 Å². The number of hydrogen-bond acceptors (Lipinski definition) is 4. The lowest BCUT2D eigenvalue weighted by Crippen LogP contribution is -2.67. The van der Waals surface area contributed by atoms with Crippen molar-refractivity contribution in [3.05, 3.63) is 35.9 Å². The summed E-state index contributed by atoms with van der Waals surface area (Å²) < 4.78 is 5.38. The molecule has 27 heavy (non-hydrogen) atoms. The zero-order valence-corrected chi connectivity index (χ0v) is 16.7. The molecule has 6 heteroatoms. The van der Waals surface area contributed by atoms with Gasteiger partial charge in [-0.05, 0) is 42.7 Å². The molecule has 1 aliphatic rings. The molecule has 1 heterocycles. The Kier molecular flexibility index (Phi) is 7.65. The lowest BCUT2D eigenvalue weighted by atomic mass is 9.66. The van der Waals surface area contributed by atoms with Gasteiger partial charge >= 0.3 is 6.09 Å². The SMILES string of the molecule is CC(C)(C)[C@](Cc1ccccc1)(NC(=O)O)[C@H](O)CNCC1CCOCC1. The monoisotopic (exact) mass is 378 g/mol. The van der Waals surface area contributed by atoms with Crippen molar-refractivity contribution >= 4 is 6.09 Å². The van der Waals surface area contributed by atoms with E-state index in [1.807, 2.05) is 51.1 Å². The summed E-state index contributed by atoms with van der Waals surface area (Å²) in [5.74, 6) is 0.538. The molecule has 1 fully saturated rings. The van der Waals surface area contributed by atoms with Gasteiger partial charge in [0.25, 0.3) is 0 Å². The van der Waals surface area contributed by atoms with E-state index in [2.05, 4.69) is 10.6 Å². The number of amides is 1. The number of benzene rings is 1. The summed E-state index contributed by atoms with van der Waals surface area (Å²) in [5, 5.41) is 26.7. The van der Waals surface area contributed by atoms with E-state index in [4.69, 9.17) is 4.74 Å². The van der Waals surface area contributed by atoms with Crippen molar-refractivity contribution in [2.45, 2.75) is 51.7 Å². The fourth-order valence-electron chi connectivity index (χ4n) is 3.86. The number of carboxylic acid groups (broad SMARTS) is 1. The van der Waals surface area contributed by atoms with Gasteiger partial charge in [-0.2, -0.15) is 0 Å². The van der Waals surface area contributed by atoms with E-state index >= 15 is 0 Å². The van der Waals surface area contributed by atoms with Gasteiger partial charge in [0, 0.05) is 19.8 Å². The first-order valence-electron chi connectivity index (χ1n) is 9.76. The van der Waals surface area contributed by atoms with Gasteiger partial charge in [-0.25, -0.2) is 4.79 Å². The number of ether oxygens (including phenoxy) is 1. The van der Waals surface area contributed by atoms with Gasteiger partial charge in [-0.1, -0.05) is 51.1 Å². The van der Waals surface area contributed by atoms with E-state index in [1.54, 1.807) is 0 Å². The Morgan fingerprint density at radius 1 is 1.22 bits per heavy atom. The van der Waals surface area contributed by atoms with Crippen molar-refractivity contribution in [2.24, 2.45) is 11.3 Å². The van der Waals surface area contributed by atoms with Gasteiger partial charge < -0.3 is 25.6 Å². The Morgan fingerprint density at radius 2 is 1.85 bits per heavy atom. The van der Waals surface area contributed by atoms with Crippen LogP contribution in [0.5, 0.6) is 0 Å². The van der Waals surface area contributed by atoms with Crippen molar-refractivity contribution in [1.29, 1.82) is 0 Å². The Labute approximate surface area is 162 Å². The molecule has 0 spiro atoms. The Morgan fingerprint density at radius 3 is 2.41 bits per heavy atom. The van der Waals surface area contributed by atoms with Crippen LogP contribution < -0.4 is 10.6 Å². The fraction of sp³-hybridized carbons (Fsp3) is 0.667. The third-order valence-electron chi connectivity index (χ3n) is 5.67. The lowest BCUT2D eigenvalue weighted by Gasteiger charge is -2.48. The van der Waals surface area contributed by atoms with Crippen LogP contribution in [0.25, 0.3) is 0 Å². The van der Waals surface area contributed by atoms with Crippen LogP contribution in [0.1, 0.15) is 39.2 Å². The Hall–Kier alpha value is -1.63. The third-order valence-corrected chi connectivity index (χ3v) is 5.67. The van der Waals surface area contributed by atoms with E-state index in [0.29, 0.717) is 18.9 Å². The molecule has 0 radical (unpaired) electrons. The highest BCUT2D eigenvalue weighted by atomic mass is 16.5. The van der Waals surface area contributed by atoms with E-state index in [0.717, 1.165) is 38.2 Å². The van der Waals surface area contributed by atoms with Crippen LogP contribution in [-0.2, 0) is 11.2 Å². The molecule has 2 rings (SSSR count). The summed E-state index contributed by atoms with van der Waals surface area (Å²) in [7, 11) is 0. The smallest absolute Gasteiger partial charge is 0.405 e. The second kappa shape index (κ2) is 9.53. The number of nitrogens with one attached hydrogen (secondary N) is 2. The fourth-order valence-corrected chi connectivity index (χ4v) is 3.86. The summed E-state index contributed by atoms with van der Waals surface area (Å²) in [6.07, 6.45) is 0.470. The summed E-state index contributed by atoms with van der Waals surface area (Å²) >= 11 is 0. The third kappa shape index (κ3) is 5.92. The van der Waals surface area contributed by atoms with Crippen molar-refractivity contribution in [3.63, 3.8) is 0 Å². The molecule has 0 aromatic heterocycles. The molecule has 0 aliphatic carbocycles. The van der Waals surface area contributed by atoms with Gasteiger partial charge in [0.2, 0.25) is 0 Å². The lowest BCUT2D eigenvalue weighted by molar-refractivity contribution is -0.00997. The minimum Gasteiger partial charge on any atom is -0.465 e. The van der Waals surface area contributed by atoms with Crippen LogP contribution in [0.2, 0.25) is 0 Å². The molecular formula is C21H34N2O4. The summed E-state index contributed by atoms with van der Waals surface area (Å²) in [5.41, 5.74) is -0.506. The zero-order chi connectivity index (χ0) is 19.9. The van der Waals surface area contributed by atoms with Crippen molar-refractivity contribution < 1.29 is 19.7 Å². The predicted octanol–water partition coefficient (Wildman–Crippen LogP) is 2.66. The first-order valence-corrected chi connectivity index (χ1v) is 9.76. The molecule has 0 unspecified atom stereocenters. The van der Waals surface area contributed by atoms with E-state index in [9.17, 15) is 15.0 Å². The molecule has 2 atom stereocenters. The number of carbonyl (C=O) groups is 1. The highest BCUT2D eigenvalue weighted by Crippen LogP contribution is 2.36. The number of hydrogen-bond donors (Lipinski definition) is 4. The highest BCUT2D eigenvalue weighted by Gasteiger charge is 2.48. The normalized spacial score (nSPS) is 19.3. The maximum Gasteiger partial charge on any atom is 0.405 e. The quantitative estimate of drug-likeness (QED) is 0.558. The van der Waals surface area contributed by atoms with Gasteiger partial charge in [0.15, 0.2) is 0 Å². The van der Waals surface area contributed by atoms with Crippen LogP contribution >= 0.6 is 0 Å². The molecule has 0 bridgehead atoms. The van der Waals surface area contributed by atoms with Crippen LogP contribution in [0.15, 0.2) is 30.3 Å². The Bertz CT molecular complexity index is 582. The molecule has 1 aromatic rings. The second-order valence-electron chi connectivity index (χ2n) is 8.54. The second-order valence-corrected chi connectivity index (χ2v) is 8.54. The first-order chi connectivity index (χ1) is 12.7. The number of rotatable bonds is 8. The summed E-state index contributed by atoms with van der Waals surface area (Å²) in [6.45, 7) is 8.61. The van der Waals surface area contributed by atoms with Gasteiger partial charge in [-0.15, -0.1) is 0 Å². The average molecular weight is 379 g/mol. The molecule has 1 saturated heterocycles. The standard InChI is InChI=1S/C21H34N2O4/c1-20(2,3)21(23-19(25)26,13-16-7-5-4-6-8-16)18(24)15-22-14-17-9-11-27-12-10-17/h4-8,17-18,22-24H,9-15H2,1-3H3,(H,25,26)/t18-,21-/m1/s1. The maximum atomic E-state index is 11.6. The summed E-state index contributed by atoms with van der Waals surface area (Å²) in [6, 6.07) is 9.72. The van der Waals surface area contributed by atoms with Crippen molar-refractivity contribution in [2.75, 3.05) is 26.3 Å². The molecule has 1 aliphatic heterocycles. The highest BCUT2D eigenvalue weighted by molar-refractivity contribution is 5.66. The number of aliphatic hydroxyl groups excluding tert-OH is 1. The van der Waals surface area contributed by atoms with E-state index in [1.165, 1.54) is 0 Å². The molecule has 4 N–H and O–H groups in total. The maximum absolute atomic E-state index is 11.6. The van der Waals surface area contributed by atoms with Gasteiger partial charge in [0.1, 0.15) is 0 Å². The van der Waals surface area contributed by atoms with Gasteiger partial charge in [0.05, 0.1) is 11.6 Å².